The highest BCUT2D eigenvalue weighted by Crippen LogP contribution is 2.38. The van der Waals surface area contributed by atoms with Gasteiger partial charge in [0.05, 0.1) is 5.41 Å². The molecule has 154 valence electrons. The number of carbonyl (C=O) groups is 2. The van der Waals surface area contributed by atoms with Crippen molar-refractivity contribution >= 4 is 11.8 Å². The van der Waals surface area contributed by atoms with E-state index in [9.17, 15) is 14.0 Å². The molecule has 0 saturated carbocycles. The molecule has 0 spiro atoms. The Morgan fingerprint density at radius 1 is 1.10 bits per heavy atom. The molecular weight excluding hydrogens is 367 g/mol. The Balaban J connectivity index is 1.99. The number of rotatable bonds is 6. The summed E-state index contributed by atoms with van der Waals surface area (Å²) in [7, 11) is 0. The van der Waals surface area contributed by atoms with Gasteiger partial charge in [-0.3, -0.25) is 9.59 Å². The fraction of sp³-hybridized carbons (Fsp3) is 0.417. The van der Waals surface area contributed by atoms with Gasteiger partial charge in [-0.1, -0.05) is 49.4 Å². The lowest BCUT2D eigenvalue weighted by Crippen LogP contribution is -2.47. The number of benzene rings is 2. The monoisotopic (exact) mass is 396 g/mol. The highest BCUT2D eigenvalue weighted by Gasteiger charge is 2.46. The Hall–Kier alpha value is -2.69. The maximum Gasteiger partial charge on any atom is 0.228 e. The zero-order valence-electron chi connectivity index (χ0n) is 17.4. The van der Waals surface area contributed by atoms with Crippen molar-refractivity contribution in [3.8, 4) is 11.1 Å². The van der Waals surface area contributed by atoms with Crippen LogP contribution in [0.1, 0.15) is 39.2 Å². The highest BCUT2D eigenvalue weighted by atomic mass is 19.1. The van der Waals surface area contributed by atoms with Gasteiger partial charge >= 0.3 is 0 Å². The second-order valence-electron chi connectivity index (χ2n) is 8.14. The molecule has 0 radical (unpaired) electrons. The van der Waals surface area contributed by atoms with Crippen LogP contribution in [0.2, 0.25) is 0 Å². The molecule has 1 N–H and O–H groups in total. The fourth-order valence-electron chi connectivity index (χ4n) is 4.12. The number of nitrogens with one attached hydrogen (secondary N) is 1. The number of carbonyl (C=O) groups excluding carboxylic acids is 2. The summed E-state index contributed by atoms with van der Waals surface area (Å²) >= 11 is 0. The summed E-state index contributed by atoms with van der Waals surface area (Å²) in [6.45, 7) is 6.67. The molecule has 0 aliphatic carbocycles. The van der Waals surface area contributed by atoms with Gasteiger partial charge in [0.2, 0.25) is 11.8 Å². The van der Waals surface area contributed by atoms with Gasteiger partial charge in [0.25, 0.3) is 0 Å². The minimum absolute atomic E-state index is 0.0112. The van der Waals surface area contributed by atoms with Crippen LogP contribution in [-0.2, 0) is 16.0 Å². The van der Waals surface area contributed by atoms with E-state index >= 15 is 0 Å². The number of likely N-dealkylation sites (tertiary alicyclic amines) is 1. The molecule has 1 saturated heterocycles. The van der Waals surface area contributed by atoms with E-state index in [1.165, 1.54) is 6.07 Å². The largest absolute Gasteiger partial charge is 0.353 e. The lowest BCUT2D eigenvalue weighted by molar-refractivity contribution is -0.133. The van der Waals surface area contributed by atoms with Crippen molar-refractivity contribution in [3.63, 3.8) is 0 Å². The number of amides is 2. The van der Waals surface area contributed by atoms with E-state index in [2.05, 4.69) is 5.32 Å². The fourth-order valence-corrected chi connectivity index (χ4v) is 4.12. The molecule has 0 unspecified atom stereocenters. The molecular formula is C24H29FN2O2. The second-order valence-corrected chi connectivity index (χ2v) is 8.14. The Kier molecular flexibility index (Phi) is 6.36. The van der Waals surface area contributed by atoms with Crippen LogP contribution in [0.3, 0.4) is 0 Å². The zero-order valence-corrected chi connectivity index (χ0v) is 17.4. The maximum atomic E-state index is 14.5. The highest BCUT2D eigenvalue weighted by molar-refractivity contribution is 5.86. The lowest BCUT2D eigenvalue weighted by Gasteiger charge is -2.30. The minimum Gasteiger partial charge on any atom is -0.353 e. The van der Waals surface area contributed by atoms with Crippen molar-refractivity contribution in [3.05, 3.63) is 59.9 Å². The van der Waals surface area contributed by atoms with Crippen LogP contribution in [0.4, 0.5) is 4.39 Å². The maximum absolute atomic E-state index is 14.5. The van der Waals surface area contributed by atoms with Gasteiger partial charge < -0.3 is 10.2 Å². The third-order valence-corrected chi connectivity index (χ3v) is 5.62. The lowest BCUT2D eigenvalue weighted by atomic mass is 9.78. The molecule has 2 amide bonds. The second kappa shape index (κ2) is 8.76. The molecule has 29 heavy (non-hydrogen) atoms. The van der Waals surface area contributed by atoms with Gasteiger partial charge in [-0.15, -0.1) is 0 Å². The van der Waals surface area contributed by atoms with Crippen molar-refractivity contribution in [1.29, 1.82) is 0 Å². The van der Waals surface area contributed by atoms with Gasteiger partial charge in [-0.05, 0) is 43.9 Å². The van der Waals surface area contributed by atoms with Crippen molar-refractivity contribution < 1.29 is 14.0 Å². The molecule has 1 heterocycles. The molecule has 4 nitrogen and oxygen atoms in total. The molecule has 3 rings (SSSR count). The van der Waals surface area contributed by atoms with E-state index in [-0.39, 0.29) is 23.7 Å². The zero-order chi connectivity index (χ0) is 21.0. The van der Waals surface area contributed by atoms with Gasteiger partial charge in [0, 0.05) is 31.1 Å². The average Bonchev–Trinajstić information content (AvgIpc) is 3.13. The number of hydrogen-bond acceptors (Lipinski definition) is 2. The molecule has 0 aromatic heterocycles. The summed E-state index contributed by atoms with van der Waals surface area (Å²) in [6.07, 6.45) is 1.49. The molecule has 2 aromatic carbocycles. The predicted molar refractivity (Wildman–Crippen MR) is 113 cm³/mol. The summed E-state index contributed by atoms with van der Waals surface area (Å²) in [5.41, 5.74) is 1.53. The van der Waals surface area contributed by atoms with Crippen LogP contribution in [0.5, 0.6) is 0 Å². The van der Waals surface area contributed by atoms with E-state index in [4.69, 9.17) is 0 Å². The molecule has 2 aromatic rings. The molecule has 5 heteroatoms. The first-order chi connectivity index (χ1) is 13.9. The van der Waals surface area contributed by atoms with Crippen molar-refractivity contribution in [1.82, 2.24) is 10.2 Å². The van der Waals surface area contributed by atoms with Gasteiger partial charge in [0.15, 0.2) is 0 Å². The summed E-state index contributed by atoms with van der Waals surface area (Å²) in [4.78, 5) is 27.3. The molecule has 0 bridgehead atoms. The summed E-state index contributed by atoms with van der Waals surface area (Å²) in [6, 6.07) is 14.4. The standard InChI is InChI=1S/C24H29FN2O2/c1-4-22(28)27-14-13-24(16-27,23(29)26-17(2)3)15-18-9-5-6-10-19(18)20-11-7-8-12-21(20)25/h5-12,17H,4,13-16H2,1-3H3,(H,26,29)/t24-/m1/s1. The predicted octanol–water partition coefficient (Wildman–Crippen LogP) is 4.19. The SMILES string of the molecule is CCC(=O)N1CC[C@](Cc2ccccc2-c2ccccc2F)(C(=O)NC(C)C)C1. The van der Waals surface area contributed by atoms with Crippen LogP contribution in [0.25, 0.3) is 11.1 Å². The first-order valence-corrected chi connectivity index (χ1v) is 10.3. The summed E-state index contributed by atoms with van der Waals surface area (Å²) in [5, 5.41) is 3.04. The van der Waals surface area contributed by atoms with Crippen molar-refractivity contribution in [2.45, 2.75) is 46.1 Å². The van der Waals surface area contributed by atoms with Crippen LogP contribution in [-0.4, -0.2) is 35.8 Å². The number of nitrogens with zero attached hydrogens (tertiary/aromatic N) is 1. The summed E-state index contributed by atoms with van der Waals surface area (Å²) in [5.74, 6) is -0.260. The first-order valence-electron chi connectivity index (χ1n) is 10.3. The third-order valence-electron chi connectivity index (χ3n) is 5.62. The van der Waals surface area contributed by atoms with Crippen molar-refractivity contribution in [2.75, 3.05) is 13.1 Å². The van der Waals surface area contributed by atoms with Crippen LogP contribution < -0.4 is 5.32 Å². The van der Waals surface area contributed by atoms with Gasteiger partial charge in [-0.2, -0.15) is 0 Å². The normalized spacial score (nSPS) is 18.9. The topological polar surface area (TPSA) is 49.4 Å². The van der Waals surface area contributed by atoms with Gasteiger partial charge in [-0.25, -0.2) is 4.39 Å². The molecule has 1 fully saturated rings. The Morgan fingerprint density at radius 2 is 1.76 bits per heavy atom. The quantitative estimate of drug-likeness (QED) is 0.796. The first kappa shape index (κ1) is 21.0. The number of hydrogen-bond donors (Lipinski definition) is 1. The van der Waals surface area contributed by atoms with Gasteiger partial charge in [0.1, 0.15) is 5.82 Å². The summed E-state index contributed by atoms with van der Waals surface area (Å²) < 4.78 is 14.5. The Morgan fingerprint density at radius 3 is 2.41 bits per heavy atom. The van der Waals surface area contributed by atoms with E-state index in [0.717, 1.165) is 11.1 Å². The van der Waals surface area contributed by atoms with Crippen LogP contribution in [0.15, 0.2) is 48.5 Å². The van der Waals surface area contributed by atoms with Crippen LogP contribution in [0, 0.1) is 11.2 Å². The Bertz CT molecular complexity index is 896. The van der Waals surface area contributed by atoms with E-state index in [0.29, 0.717) is 37.9 Å². The molecule has 1 atom stereocenters. The van der Waals surface area contributed by atoms with E-state index in [1.807, 2.05) is 51.1 Å². The minimum atomic E-state index is -0.712. The third kappa shape index (κ3) is 4.50. The van der Waals surface area contributed by atoms with E-state index in [1.54, 1.807) is 17.0 Å². The average molecular weight is 397 g/mol. The van der Waals surface area contributed by atoms with E-state index < -0.39 is 5.41 Å². The smallest absolute Gasteiger partial charge is 0.228 e. The molecule has 1 aliphatic heterocycles. The van der Waals surface area contributed by atoms with Crippen molar-refractivity contribution in [2.24, 2.45) is 5.41 Å². The van der Waals surface area contributed by atoms with Crippen LogP contribution >= 0.6 is 0 Å². The molecule has 1 aliphatic rings. The number of halogens is 1. The Labute approximate surface area is 172 Å².